The number of para-hydroxylation sites is 2. The SMILES string of the molecule is CCOC(=O)c1cc(CC)sc1NC(=O)COC(=O)CSc1nc2ccccc2o1. The monoisotopic (exact) mass is 448 g/mol. The normalized spacial score (nSPS) is 10.7. The summed E-state index contributed by atoms with van der Waals surface area (Å²) in [6.07, 6.45) is 0.717. The number of aromatic nitrogens is 1. The molecule has 2 heterocycles. The van der Waals surface area contributed by atoms with Crippen LogP contribution >= 0.6 is 23.1 Å². The minimum absolute atomic E-state index is 0.0484. The fourth-order valence-corrected chi connectivity index (χ4v) is 4.09. The first kappa shape index (κ1) is 21.8. The van der Waals surface area contributed by atoms with Gasteiger partial charge in [-0.3, -0.25) is 9.59 Å². The Bertz CT molecular complexity index is 1030. The van der Waals surface area contributed by atoms with Crippen LogP contribution in [0.15, 0.2) is 40.0 Å². The van der Waals surface area contributed by atoms with Crippen molar-refractivity contribution in [3.05, 3.63) is 40.8 Å². The Balaban J connectivity index is 1.49. The van der Waals surface area contributed by atoms with Crippen LogP contribution in [0.2, 0.25) is 0 Å². The molecule has 1 amide bonds. The molecule has 10 heteroatoms. The average Bonchev–Trinajstić information content (AvgIpc) is 3.34. The summed E-state index contributed by atoms with van der Waals surface area (Å²) in [6.45, 7) is 3.43. The van der Waals surface area contributed by atoms with Gasteiger partial charge >= 0.3 is 11.9 Å². The van der Waals surface area contributed by atoms with Crippen molar-refractivity contribution in [2.75, 3.05) is 24.3 Å². The molecule has 0 bridgehead atoms. The summed E-state index contributed by atoms with van der Waals surface area (Å²) < 4.78 is 15.5. The topological polar surface area (TPSA) is 108 Å². The molecule has 2 aromatic heterocycles. The fraction of sp³-hybridized carbons (Fsp3) is 0.300. The summed E-state index contributed by atoms with van der Waals surface area (Å²) in [5.41, 5.74) is 1.63. The van der Waals surface area contributed by atoms with E-state index >= 15 is 0 Å². The maximum absolute atomic E-state index is 12.2. The smallest absolute Gasteiger partial charge is 0.341 e. The van der Waals surface area contributed by atoms with Gasteiger partial charge in [-0.1, -0.05) is 30.8 Å². The molecule has 1 aromatic carbocycles. The zero-order valence-electron chi connectivity index (χ0n) is 16.4. The maximum Gasteiger partial charge on any atom is 0.341 e. The zero-order chi connectivity index (χ0) is 21.5. The van der Waals surface area contributed by atoms with E-state index in [1.165, 1.54) is 11.3 Å². The number of aryl methyl sites for hydroxylation is 1. The van der Waals surface area contributed by atoms with Gasteiger partial charge in [-0.2, -0.15) is 0 Å². The van der Waals surface area contributed by atoms with Gasteiger partial charge < -0.3 is 19.2 Å². The minimum atomic E-state index is -0.580. The molecular weight excluding hydrogens is 428 g/mol. The zero-order valence-corrected chi connectivity index (χ0v) is 18.1. The summed E-state index contributed by atoms with van der Waals surface area (Å²) in [5.74, 6) is -1.67. The molecule has 0 saturated heterocycles. The number of nitrogens with zero attached hydrogens (tertiary/aromatic N) is 1. The van der Waals surface area contributed by atoms with E-state index in [-0.39, 0.29) is 12.4 Å². The van der Waals surface area contributed by atoms with Gasteiger partial charge in [0.15, 0.2) is 12.2 Å². The van der Waals surface area contributed by atoms with Crippen LogP contribution in [0.1, 0.15) is 29.1 Å². The van der Waals surface area contributed by atoms with Crippen LogP contribution in [0, 0.1) is 0 Å². The molecule has 0 spiro atoms. The lowest BCUT2D eigenvalue weighted by molar-refractivity contribution is -0.144. The van der Waals surface area contributed by atoms with E-state index in [2.05, 4.69) is 10.3 Å². The van der Waals surface area contributed by atoms with Gasteiger partial charge in [0.2, 0.25) is 0 Å². The predicted octanol–water partition coefficient (Wildman–Crippen LogP) is 3.90. The Labute approximate surface area is 180 Å². The fourth-order valence-electron chi connectivity index (χ4n) is 2.45. The number of benzene rings is 1. The summed E-state index contributed by atoms with van der Waals surface area (Å²) in [7, 11) is 0. The second-order valence-corrected chi connectivity index (χ2v) is 8.04. The lowest BCUT2D eigenvalue weighted by Crippen LogP contribution is -2.22. The van der Waals surface area contributed by atoms with Crippen LogP contribution in [0.25, 0.3) is 11.1 Å². The molecule has 3 aromatic rings. The highest BCUT2D eigenvalue weighted by Crippen LogP contribution is 2.29. The first-order valence-corrected chi connectivity index (χ1v) is 11.0. The van der Waals surface area contributed by atoms with E-state index in [9.17, 15) is 14.4 Å². The molecule has 0 atom stereocenters. The number of hydrogen-bond donors (Lipinski definition) is 1. The Hall–Kier alpha value is -2.85. The molecule has 0 aliphatic carbocycles. The number of carbonyl (C=O) groups excluding carboxylic acids is 3. The summed E-state index contributed by atoms with van der Waals surface area (Å²) in [5, 5.41) is 3.35. The van der Waals surface area contributed by atoms with Crippen molar-refractivity contribution >= 4 is 57.0 Å². The number of thioether (sulfide) groups is 1. The Kier molecular flexibility index (Phi) is 7.47. The van der Waals surface area contributed by atoms with Crippen molar-refractivity contribution in [1.29, 1.82) is 0 Å². The van der Waals surface area contributed by atoms with E-state index < -0.39 is 24.5 Å². The third-order valence-corrected chi connectivity index (χ3v) is 5.83. The first-order valence-electron chi connectivity index (χ1n) is 9.23. The van der Waals surface area contributed by atoms with E-state index in [0.717, 1.165) is 23.1 Å². The van der Waals surface area contributed by atoms with Gasteiger partial charge in [-0.15, -0.1) is 11.3 Å². The number of oxazole rings is 1. The molecule has 0 saturated carbocycles. The third-order valence-electron chi connectivity index (χ3n) is 3.83. The van der Waals surface area contributed by atoms with Gasteiger partial charge in [-0.05, 0) is 31.5 Å². The number of esters is 2. The van der Waals surface area contributed by atoms with Crippen LogP contribution in [0.3, 0.4) is 0 Å². The number of anilines is 1. The number of nitrogens with one attached hydrogen (secondary N) is 1. The molecule has 3 rings (SSSR count). The van der Waals surface area contributed by atoms with Crippen LogP contribution < -0.4 is 5.32 Å². The minimum Gasteiger partial charge on any atom is -0.462 e. The van der Waals surface area contributed by atoms with Crippen molar-refractivity contribution in [3.63, 3.8) is 0 Å². The van der Waals surface area contributed by atoms with Crippen LogP contribution in [0.4, 0.5) is 5.00 Å². The van der Waals surface area contributed by atoms with Crippen LogP contribution in [-0.2, 0) is 25.5 Å². The Morgan fingerprint density at radius 3 is 2.73 bits per heavy atom. The van der Waals surface area contributed by atoms with Crippen LogP contribution in [-0.4, -0.2) is 41.8 Å². The largest absolute Gasteiger partial charge is 0.462 e. The van der Waals surface area contributed by atoms with Gasteiger partial charge in [0, 0.05) is 4.88 Å². The van der Waals surface area contributed by atoms with Gasteiger partial charge in [0.25, 0.3) is 11.1 Å². The van der Waals surface area contributed by atoms with E-state index in [4.69, 9.17) is 13.9 Å². The van der Waals surface area contributed by atoms with E-state index in [0.29, 0.717) is 26.9 Å². The molecular formula is C20H20N2O6S2. The van der Waals surface area contributed by atoms with Crippen molar-refractivity contribution < 1.29 is 28.3 Å². The average molecular weight is 449 g/mol. The molecule has 30 heavy (non-hydrogen) atoms. The number of carbonyl (C=O) groups is 3. The number of amides is 1. The quantitative estimate of drug-likeness (QED) is 0.388. The Morgan fingerprint density at radius 1 is 1.20 bits per heavy atom. The van der Waals surface area contributed by atoms with Crippen molar-refractivity contribution in [1.82, 2.24) is 4.98 Å². The highest BCUT2D eigenvalue weighted by Gasteiger charge is 2.19. The van der Waals surface area contributed by atoms with Gasteiger partial charge in [0.05, 0.1) is 12.2 Å². The van der Waals surface area contributed by atoms with Crippen molar-refractivity contribution in [2.45, 2.75) is 25.5 Å². The summed E-state index contributed by atoms with van der Waals surface area (Å²) >= 11 is 2.37. The molecule has 0 fully saturated rings. The maximum atomic E-state index is 12.2. The van der Waals surface area contributed by atoms with E-state index in [1.807, 2.05) is 25.1 Å². The second-order valence-electron chi connectivity index (χ2n) is 5.97. The molecule has 158 valence electrons. The number of rotatable bonds is 9. The first-order chi connectivity index (χ1) is 14.5. The van der Waals surface area contributed by atoms with E-state index in [1.54, 1.807) is 19.1 Å². The third kappa shape index (κ3) is 5.61. The molecule has 0 aliphatic rings. The Morgan fingerprint density at radius 2 is 2.00 bits per heavy atom. The van der Waals surface area contributed by atoms with Gasteiger partial charge in [0.1, 0.15) is 16.3 Å². The highest BCUT2D eigenvalue weighted by atomic mass is 32.2. The predicted molar refractivity (Wildman–Crippen MR) is 114 cm³/mol. The lowest BCUT2D eigenvalue weighted by atomic mass is 10.2. The lowest BCUT2D eigenvalue weighted by Gasteiger charge is -2.07. The van der Waals surface area contributed by atoms with Crippen molar-refractivity contribution in [3.8, 4) is 0 Å². The van der Waals surface area contributed by atoms with Crippen LogP contribution in [0.5, 0.6) is 0 Å². The number of hydrogen-bond acceptors (Lipinski definition) is 9. The molecule has 0 aliphatic heterocycles. The molecule has 1 N–H and O–H groups in total. The summed E-state index contributed by atoms with van der Waals surface area (Å²) in [6, 6.07) is 8.97. The number of thiophene rings is 1. The van der Waals surface area contributed by atoms with Gasteiger partial charge in [-0.25, -0.2) is 9.78 Å². The number of ether oxygens (including phenoxy) is 2. The van der Waals surface area contributed by atoms with Crippen molar-refractivity contribution in [2.24, 2.45) is 0 Å². The second kappa shape index (κ2) is 10.3. The number of fused-ring (bicyclic) bond motifs is 1. The standard InChI is InChI=1S/C20H20N2O6S2/c1-3-12-9-13(19(25)26-4-2)18(30-12)22-16(23)10-27-17(24)11-29-20-21-14-7-5-6-8-15(14)28-20/h5-9H,3-4,10-11H2,1-2H3,(H,22,23). The molecule has 0 radical (unpaired) electrons. The highest BCUT2D eigenvalue weighted by molar-refractivity contribution is 7.99. The molecule has 8 nitrogen and oxygen atoms in total. The molecule has 0 unspecified atom stereocenters. The summed E-state index contributed by atoms with van der Waals surface area (Å²) in [4.78, 5) is 41.3.